The number of benzene rings is 9. The van der Waals surface area contributed by atoms with Crippen LogP contribution in [0.25, 0.3) is 64.6 Å². The Hall–Kier alpha value is -6.80. The maximum Gasteiger partial charge on any atom is 2.00 e. The molecule has 0 aliphatic heterocycles. The summed E-state index contributed by atoms with van der Waals surface area (Å²) in [6.45, 7) is 13.3. The monoisotopic (exact) mass is 1200 g/mol. The molecule has 0 N–H and O–H groups in total. The maximum absolute atomic E-state index is 2.47. The summed E-state index contributed by atoms with van der Waals surface area (Å²) >= 11 is 0. The number of rotatable bonds is 6. The van der Waals surface area contributed by atoms with Gasteiger partial charge in [0.1, 0.15) is 0 Å². The molecule has 414 valence electrons. The molecule has 0 heterocycles. The van der Waals surface area contributed by atoms with Gasteiger partial charge in [-0.3, -0.25) is 0 Å². The molecule has 0 atom stereocenters. The molecule has 15 aromatic rings. The summed E-state index contributed by atoms with van der Waals surface area (Å²) in [5.74, 6) is 0. The first kappa shape index (κ1) is 67.7. The van der Waals surface area contributed by atoms with Crippen molar-refractivity contribution < 1.29 is 0 Å². The molecule has 15 aromatic carbocycles. The summed E-state index contributed by atoms with van der Waals surface area (Å²) in [6, 6.07) is 110. The third-order valence-electron chi connectivity index (χ3n) is 14.8. The molecule has 87 heavy (non-hydrogen) atoms. The van der Waals surface area contributed by atoms with Crippen molar-refractivity contribution in [1.29, 1.82) is 0 Å². The minimum absolute atomic E-state index is 0. The van der Waals surface area contributed by atoms with E-state index in [0.29, 0.717) is 0 Å². The average Bonchev–Trinajstić information content (AvgIpc) is 3.63. The summed E-state index contributed by atoms with van der Waals surface area (Å²) in [7, 11) is -1.77. The van der Waals surface area contributed by atoms with E-state index >= 15 is 0 Å². The van der Waals surface area contributed by atoms with Crippen LogP contribution in [0.5, 0.6) is 0 Å². The fourth-order valence-electron chi connectivity index (χ4n) is 10.8. The Bertz CT molecular complexity index is 4200. The first-order valence-electron chi connectivity index (χ1n) is 29.1. The summed E-state index contributed by atoms with van der Waals surface area (Å²) in [6.07, 6.45) is 0. The summed E-state index contributed by atoms with van der Waals surface area (Å²) in [4.78, 5) is 0. The molecule has 0 radical (unpaired) electrons. The molecule has 0 saturated carbocycles. The first-order chi connectivity index (χ1) is 41.1. The molecule has 0 aliphatic rings. The standard InChI is InChI=1S/C22H17Si.C17H15Si.C12H13Si.3C10H9.3Mg/c1-3-11-21(12-4-1)23(22-13-5-2-6-14-22)17-18-15-19-9-7-8-10-20(19)16-18;1-18(17-9-3-2-4-10-17)13-14-11-15-7-5-6-8-16(15)12-14;1-13(2)9-10-7-11-5-3-4-6-12(11)8-10;3*1-8-6-9-4-2-3-5-10(9)7-8;;;/h1-17H;2-13H,1H3;3-9H,1-2H3;3*2-7H,1H3;;;/q6*-1;3*+2. The van der Waals surface area contributed by atoms with E-state index in [1.165, 1.54) is 114 Å². The van der Waals surface area contributed by atoms with E-state index in [9.17, 15) is 0 Å². The van der Waals surface area contributed by atoms with E-state index in [0.717, 1.165) is 0 Å². The van der Waals surface area contributed by atoms with Gasteiger partial charge < -0.3 is 0 Å². The van der Waals surface area contributed by atoms with Gasteiger partial charge in [0.2, 0.25) is 0 Å². The molecule has 0 aromatic heterocycles. The molecule has 0 aliphatic carbocycles. The normalized spacial score (nSPS) is 10.4. The molecule has 0 fully saturated rings. The van der Waals surface area contributed by atoms with Crippen molar-refractivity contribution in [3.63, 3.8) is 0 Å². The van der Waals surface area contributed by atoms with Gasteiger partial charge in [-0.1, -0.05) is 209 Å². The van der Waals surface area contributed by atoms with Crippen LogP contribution in [0.3, 0.4) is 0 Å². The van der Waals surface area contributed by atoms with Gasteiger partial charge in [-0.15, -0.1) is 242 Å². The third-order valence-corrected chi connectivity index (χ3v) is 20.2. The van der Waals surface area contributed by atoms with Crippen LogP contribution in [0, 0.1) is 20.8 Å². The van der Waals surface area contributed by atoms with Gasteiger partial charge in [-0.2, -0.15) is 18.2 Å². The molecule has 0 saturated heterocycles. The van der Waals surface area contributed by atoms with Crippen LogP contribution < -0.4 is 15.6 Å². The van der Waals surface area contributed by atoms with Crippen LogP contribution in [0.4, 0.5) is 0 Å². The molecule has 0 spiro atoms. The number of hydrogen-bond donors (Lipinski definition) is 0. The van der Waals surface area contributed by atoms with E-state index in [4.69, 9.17) is 0 Å². The Labute approximate surface area is 569 Å². The fourth-order valence-corrected chi connectivity index (χ4v) is 15.4. The molecule has 0 nitrogen and oxygen atoms in total. The van der Waals surface area contributed by atoms with Crippen LogP contribution in [0.15, 0.2) is 309 Å². The van der Waals surface area contributed by atoms with E-state index in [1.807, 2.05) is 0 Å². The zero-order valence-electron chi connectivity index (χ0n) is 51.3. The number of hydrogen-bond acceptors (Lipinski definition) is 0. The van der Waals surface area contributed by atoms with E-state index in [-0.39, 0.29) is 77.6 Å². The summed E-state index contributed by atoms with van der Waals surface area (Å²) < 4.78 is 0. The van der Waals surface area contributed by atoms with Crippen molar-refractivity contribution in [2.24, 2.45) is 0 Å². The number of fused-ring (bicyclic) bond motifs is 6. The molecular weight excluding hydrogens is 1130 g/mol. The first-order valence-corrected chi connectivity index (χ1v) is 35.3. The Morgan fingerprint density at radius 3 is 0.782 bits per heavy atom. The number of aryl methyl sites for hydroxylation is 3. The Morgan fingerprint density at radius 1 is 0.253 bits per heavy atom. The molecule has 6 heteroatoms. The average molecular weight is 1200 g/mol. The Morgan fingerprint density at radius 2 is 0.494 bits per heavy atom. The molecule has 15 rings (SSSR count). The Balaban J connectivity index is 0.000000153. The van der Waals surface area contributed by atoms with Crippen molar-refractivity contribution in [2.45, 2.75) is 40.4 Å². The van der Waals surface area contributed by atoms with Crippen molar-refractivity contribution >= 4 is 192 Å². The van der Waals surface area contributed by atoms with Crippen molar-refractivity contribution in [3.8, 4) is 0 Å². The maximum atomic E-state index is 2.47. The summed E-state index contributed by atoms with van der Waals surface area (Å²) in [5.41, 5.74) is 15.4. The van der Waals surface area contributed by atoms with Gasteiger partial charge in [0.25, 0.3) is 0 Å². The van der Waals surface area contributed by atoms with Crippen molar-refractivity contribution in [2.75, 3.05) is 0 Å². The van der Waals surface area contributed by atoms with E-state index in [1.54, 1.807) is 0 Å². The SMILES string of the molecule is C(c1cc2ccccc2[cH-]1)=[Si](c1ccccc1)c1ccccc1.C[Si](=Cc1cc2ccccc2[cH-]1)c1ccccc1.C[Si](C)=Cc1cc2ccccc2[cH-]1.Cc1cc2ccccc2[cH-]1.Cc1cc2ccccc2[cH-]1.Cc1cc2ccccc2[cH-]1.[Mg+2].[Mg+2].[Mg+2]. The third kappa shape index (κ3) is 19.6. The van der Waals surface area contributed by atoms with Crippen LogP contribution >= 0.6 is 0 Å². The Kier molecular flexibility index (Phi) is 26.5. The predicted octanol–water partition coefficient (Wildman–Crippen LogP) is 17.4. The molecular formula is C81H72Mg3Si3. The van der Waals surface area contributed by atoms with Gasteiger partial charge in [-0.25, -0.2) is 0 Å². The predicted molar refractivity (Wildman–Crippen MR) is 397 cm³/mol. The van der Waals surface area contributed by atoms with Crippen LogP contribution in [-0.2, 0) is 0 Å². The zero-order valence-corrected chi connectivity index (χ0v) is 58.5. The van der Waals surface area contributed by atoms with Gasteiger partial charge in [0.15, 0.2) is 0 Å². The second-order valence-electron chi connectivity index (χ2n) is 21.9. The van der Waals surface area contributed by atoms with E-state index < -0.39 is 16.8 Å². The van der Waals surface area contributed by atoms with Crippen LogP contribution in [0.1, 0.15) is 33.4 Å². The zero-order chi connectivity index (χ0) is 58.0. The molecule has 0 bridgehead atoms. The van der Waals surface area contributed by atoms with Gasteiger partial charge in [-0.05, 0) is 18.8 Å². The fraction of sp³-hybridized carbons (Fsp3) is 0.0741. The molecule has 0 amide bonds. The molecule has 0 unspecified atom stereocenters. The second-order valence-corrected chi connectivity index (χ2v) is 28.9. The second kappa shape index (κ2) is 34.1. The minimum Gasteiger partial charge on any atom is -0.165 e. The van der Waals surface area contributed by atoms with Crippen molar-refractivity contribution in [3.05, 3.63) is 343 Å². The van der Waals surface area contributed by atoms with Gasteiger partial charge in [0, 0.05) is 16.8 Å². The topological polar surface area (TPSA) is 0 Å². The quantitative estimate of drug-likeness (QED) is 0.115. The van der Waals surface area contributed by atoms with Crippen LogP contribution in [-0.4, -0.2) is 111 Å². The van der Waals surface area contributed by atoms with Gasteiger partial charge in [0.05, 0.1) is 0 Å². The van der Waals surface area contributed by atoms with E-state index in [2.05, 4.69) is 367 Å². The van der Waals surface area contributed by atoms with Crippen LogP contribution in [0.2, 0.25) is 19.6 Å². The summed E-state index contributed by atoms with van der Waals surface area (Å²) in [5, 5.41) is 20.4. The smallest absolute Gasteiger partial charge is 0.165 e. The largest absolute Gasteiger partial charge is 2.00 e. The van der Waals surface area contributed by atoms with Gasteiger partial charge >= 0.3 is 69.2 Å². The minimum atomic E-state index is -0.924. The van der Waals surface area contributed by atoms with Crippen molar-refractivity contribution in [1.82, 2.24) is 0 Å².